The molecule has 2 aromatic carbocycles. The number of carbonyl (C=O) groups excluding carboxylic acids is 2. The van der Waals surface area contributed by atoms with Gasteiger partial charge < -0.3 is 56.1 Å². The first-order chi connectivity index (χ1) is 38.3. The first-order valence-corrected chi connectivity index (χ1v) is 26.9. The summed E-state index contributed by atoms with van der Waals surface area (Å²) in [6.07, 6.45) is 10.2. The smallest absolute Gasteiger partial charge is 0.336 e. The van der Waals surface area contributed by atoms with Crippen LogP contribution in [0, 0.1) is 0 Å². The number of aliphatic carboxylic acids is 1. The number of aromatic carboxylic acids is 1. The van der Waals surface area contributed by atoms with Crippen molar-refractivity contribution in [2.45, 2.75) is 89.6 Å². The molecule has 25 heteroatoms. The van der Waals surface area contributed by atoms with E-state index < -0.39 is 24.0 Å². The Morgan fingerprint density at radius 2 is 1.27 bits per heavy atom. The van der Waals surface area contributed by atoms with Crippen molar-refractivity contribution >= 4 is 58.3 Å². The van der Waals surface area contributed by atoms with E-state index in [9.17, 15) is 39.3 Å². The number of phenols is 1. The lowest BCUT2D eigenvalue weighted by molar-refractivity contribution is -0.137. The molecule has 2 amide bonds. The molecule has 0 saturated carbocycles. The van der Waals surface area contributed by atoms with Crippen LogP contribution in [-0.2, 0) is 27.2 Å². The topological polar surface area (TPSA) is 336 Å². The summed E-state index contributed by atoms with van der Waals surface area (Å²) >= 11 is 0. The highest BCUT2D eigenvalue weighted by Gasteiger charge is 2.34. The number of aromatic nitrogens is 9. The van der Waals surface area contributed by atoms with Crippen LogP contribution in [0.3, 0.4) is 0 Å². The highest BCUT2D eigenvalue weighted by Crippen LogP contribution is 2.43. The molecule has 79 heavy (non-hydrogen) atoms. The molecule has 3 aliphatic heterocycles. The van der Waals surface area contributed by atoms with Gasteiger partial charge in [-0.15, -0.1) is 10.2 Å². The van der Waals surface area contributed by atoms with Gasteiger partial charge in [-0.3, -0.25) is 19.2 Å². The molecule has 2 atom stereocenters. The Morgan fingerprint density at radius 1 is 0.684 bits per heavy atom. The van der Waals surface area contributed by atoms with Crippen LogP contribution in [0.5, 0.6) is 5.75 Å². The number of amides is 2. The summed E-state index contributed by atoms with van der Waals surface area (Å²) in [6.45, 7) is 5.89. The molecule has 4 aliphatic rings. The monoisotopic (exact) mass is 1080 g/mol. The highest BCUT2D eigenvalue weighted by atomic mass is 16.4. The molecule has 1 aliphatic carbocycles. The van der Waals surface area contributed by atoms with E-state index in [-0.39, 0.29) is 58.7 Å². The summed E-state index contributed by atoms with van der Waals surface area (Å²) in [4.78, 5) is 87.8. The minimum Gasteiger partial charge on any atom is -0.508 e. The number of nitrogens with one attached hydrogen (secondary N) is 1. The van der Waals surface area contributed by atoms with Gasteiger partial charge in [0.1, 0.15) is 29.2 Å². The molecule has 5 aromatic rings. The Morgan fingerprint density at radius 3 is 1.82 bits per heavy atom. The van der Waals surface area contributed by atoms with E-state index in [2.05, 4.69) is 32.9 Å². The lowest BCUT2D eigenvalue weighted by Gasteiger charge is -2.38. The highest BCUT2D eigenvalue weighted by molar-refractivity contribution is 6.08. The van der Waals surface area contributed by atoms with Crippen LogP contribution in [0.4, 0.5) is 23.5 Å². The number of fused-ring (bicyclic) bond motifs is 2. The Balaban J connectivity index is 0.996. The van der Waals surface area contributed by atoms with Crippen molar-refractivity contribution in [3.8, 4) is 28.2 Å². The van der Waals surface area contributed by atoms with Gasteiger partial charge in [0, 0.05) is 106 Å². The second-order valence-electron chi connectivity index (χ2n) is 19.9. The second kappa shape index (κ2) is 25.3. The fraction of sp³-hybridized carbons (Fsp3) is 0.444. The zero-order valence-corrected chi connectivity index (χ0v) is 44.1. The largest absolute Gasteiger partial charge is 0.508 e. The molecule has 0 radical (unpaired) electrons. The van der Waals surface area contributed by atoms with Gasteiger partial charge in [-0.2, -0.15) is 15.0 Å². The molecule has 416 valence electrons. The van der Waals surface area contributed by atoms with Crippen molar-refractivity contribution in [2.24, 2.45) is 11.5 Å². The number of carbonyl (C=O) groups is 4. The van der Waals surface area contributed by atoms with E-state index in [1.54, 1.807) is 40.0 Å². The van der Waals surface area contributed by atoms with Crippen LogP contribution >= 0.6 is 0 Å². The van der Waals surface area contributed by atoms with Crippen LogP contribution in [-0.4, -0.2) is 159 Å². The Bertz CT molecular complexity index is 3310. The first-order valence-electron chi connectivity index (χ1n) is 26.9. The number of hydrogen-bond donors (Lipinski definition) is 6. The van der Waals surface area contributed by atoms with Gasteiger partial charge in [-0.05, 0) is 106 Å². The van der Waals surface area contributed by atoms with Crippen LogP contribution in [0.25, 0.3) is 33.4 Å². The van der Waals surface area contributed by atoms with Crippen molar-refractivity contribution in [3.63, 3.8) is 0 Å². The lowest BCUT2D eigenvalue weighted by Crippen LogP contribution is -2.52. The zero-order valence-electron chi connectivity index (χ0n) is 44.1. The number of phenolic OH excluding ortho intramolecular Hbond substituents is 1. The van der Waals surface area contributed by atoms with Crippen molar-refractivity contribution in [3.05, 3.63) is 94.2 Å². The van der Waals surface area contributed by atoms with Gasteiger partial charge in [0.25, 0.3) is 0 Å². The molecular formula is C54H66N16O9. The number of unbranched alkanes of at least 4 members (excludes halogenated alkanes) is 3. The standard InChI is InChI=1S/C54H66N16O9/c1-2-3-8-35-32-69(63-61-35)43(9-4-6-19-55)49(75)65-21-25-67(26-22-65)53-58-52(57-34-11-15-39(42(29-34)51(77)78)48-40-16-13-37(71)30-45(40)79-46-31-38(72)14-17-41(46)48)59-54(60-53)68-27-23-66(24-28-68)50(76)44(10-5-7-20-56)70-33-36(62-64-70)12-18-47(73)74/h11,13-17,29-33,43-44,71H,2-10,12,18-28,55-56H2,1H3,(H,73,74)(H,77,78)(H,57,58,59,60)/t43-,44-/m0/s1. The van der Waals surface area contributed by atoms with Gasteiger partial charge in [-0.25, -0.2) is 14.2 Å². The minimum absolute atomic E-state index is 0.0596. The minimum atomic E-state index is -1.23. The summed E-state index contributed by atoms with van der Waals surface area (Å²) in [5, 5.41) is 51.2. The quantitative estimate of drug-likeness (QED) is 0.0359. The number of nitrogens with zero attached hydrogens (tertiary/aromatic N) is 13. The Hall–Kier alpha value is -8.58. The molecule has 9 rings (SSSR count). The van der Waals surface area contributed by atoms with E-state index in [0.29, 0.717) is 136 Å². The number of aryl methyl sites for hydroxylation is 2. The third-order valence-electron chi connectivity index (χ3n) is 14.4. The summed E-state index contributed by atoms with van der Waals surface area (Å²) in [7, 11) is 0. The average Bonchev–Trinajstić information content (AvgIpc) is 4.25. The fourth-order valence-electron chi connectivity index (χ4n) is 10.1. The number of benzene rings is 3. The van der Waals surface area contributed by atoms with Crippen LogP contribution < -0.4 is 32.0 Å². The van der Waals surface area contributed by atoms with E-state index in [0.717, 1.165) is 37.8 Å². The predicted octanol–water partition coefficient (Wildman–Crippen LogP) is 4.48. The molecule has 8 N–H and O–H groups in total. The molecule has 25 nitrogen and oxygen atoms in total. The molecule has 6 heterocycles. The second-order valence-corrected chi connectivity index (χ2v) is 19.9. The number of piperazine rings is 2. The molecule has 2 saturated heterocycles. The van der Waals surface area contributed by atoms with Gasteiger partial charge in [0.05, 0.1) is 23.4 Å². The number of carboxylic acid groups (broad SMARTS) is 2. The third-order valence-corrected chi connectivity index (χ3v) is 14.4. The van der Waals surface area contributed by atoms with E-state index in [4.69, 9.17) is 30.8 Å². The molecule has 0 spiro atoms. The normalized spacial score (nSPS) is 14.7. The zero-order chi connectivity index (χ0) is 55.6. The van der Waals surface area contributed by atoms with Crippen molar-refractivity contribution in [2.75, 3.05) is 80.6 Å². The first kappa shape index (κ1) is 55.2. The molecule has 0 bridgehead atoms. The van der Waals surface area contributed by atoms with E-state index in [1.807, 2.05) is 20.9 Å². The van der Waals surface area contributed by atoms with Crippen LogP contribution in [0.1, 0.15) is 98.5 Å². The lowest BCUT2D eigenvalue weighted by atomic mass is 9.90. The molecule has 0 unspecified atom stereocenters. The van der Waals surface area contributed by atoms with Crippen molar-refractivity contribution < 1.29 is 38.9 Å². The molecule has 3 aromatic heterocycles. The maximum absolute atomic E-state index is 14.3. The summed E-state index contributed by atoms with van der Waals surface area (Å²) in [5.41, 5.74) is 14.5. The van der Waals surface area contributed by atoms with Crippen molar-refractivity contribution in [1.82, 2.24) is 54.7 Å². The van der Waals surface area contributed by atoms with Crippen LogP contribution in [0.2, 0.25) is 0 Å². The van der Waals surface area contributed by atoms with Gasteiger partial charge in [0.15, 0.2) is 5.43 Å². The maximum Gasteiger partial charge on any atom is 0.336 e. The number of nitrogens with two attached hydrogens (primary N) is 2. The SMILES string of the molecule is CCCCc1cn([C@@H](CCCCN)C(=O)N2CCN(c3nc(Nc4ccc(-c5c6ccc(=O)cc-6oc6cc(O)ccc56)c(C(=O)O)c4)nc(N4CCN(C(=O)[C@H](CCCCN)n5cc(CCC(=O)O)nn5)CC4)n3)CC2)nn1. The summed E-state index contributed by atoms with van der Waals surface area (Å²) < 4.78 is 9.23. The van der Waals surface area contributed by atoms with E-state index >= 15 is 0 Å². The van der Waals surface area contributed by atoms with Gasteiger partial charge in [-0.1, -0.05) is 29.8 Å². The average molecular weight is 1080 g/mol. The maximum atomic E-state index is 14.3. The van der Waals surface area contributed by atoms with Gasteiger partial charge in [0.2, 0.25) is 29.7 Å². The molecule has 2 fully saturated rings. The summed E-state index contributed by atoms with van der Waals surface area (Å²) in [5.74, 6) is -1.52. The third kappa shape index (κ3) is 13.1. The fourth-order valence-corrected chi connectivity index (χ4v) is 10.1. The number of anilines is 4. The van der Waals surface area contributed by atoms with Crippen molar-refractivity contribution in [1.29, 1.82) is 0 Å². The predicted molar refractivity (Wildman–Crippen MR) is 292 cm³/mol. The number of rotatable bonds is 24. The van der Waals surface area contributed by atoms with E-state index in [1.165, 1.54) is 35.0 Å². The van der Waals surface area contributed by atoms with Crippen LogP contribution in [0.15, 0.2) is 76.2 Å². The Labute approximate surface area is 454 Å². The number of hydrogen-bond acceptors (Lipinski definition) is 19. The molecular weight excluding hydrogens is 1020 g/mol. The number of aromatic hydroxyl groups is 1. The Kier molecular flexibility index (Phi) is 17.6. The number of carboxylic acids is 2. The van der Waals surface area contributed by atoms with Gasteiger partial charge >= 0.3 is 11.9 Å². The summed E-state index contributed by atoms with van der Waals surface area (Å²) in [6, 6.07) is 12.4.